The molecule has 17 heavy (non-hydrogen) atoms. The van der Waals surface area contributed by atoms with Gasteiger partial charge in [0, 0.05) is 25.6 Å². The van der Waals surface area contributed by atoms with Crippen molar-refractivity contribution in [3.63, 3.8) is 0 Å². The van der Waals surface area contributed by atoms with Gasteiger partial charge in [-0.1, -0.05) is 0 Å². The number of nitriles is 1. The molecule has 0 unspecified atom stereocenters. The van der Waals surface area contributed by atoms with Crippen LogP contribution in [-0.4, -0.2) is 25.9 Å². The Kier molecular flexibility index (Phi) is 3.21. The highest BCUT2D eigenvalue weighted by Gasteiger charge is 2.45. The van der Waals surface area contributed by atoms with Gasteiger partial charge in [0.25, 0.3) is 0 Å². The van der Waals surface area contributed by atoms with E-state index in [1.54, 1.807) is 14.2 Å². The molecule has 0 aliphatic heterocycles. The van der Waals surface area contributed by atoms with Gasteiger partial charge in [-0.2, -0.15) is 5.26 Å². The van der Waals surface area contributed by atoms with Crippen LogP contribution in [0.4, 0.5) is 5.69 Å². The van der Waals surface area contributed by atoms with Gasteiger partial charge in [0.05, 0.1) is 19.3 Å². The van der Waals surface area contributed by atoms with E-state index in [-0.39, 0.29) is 6.10 Å². The number of benzene rings is 1. The van der Waals surface area contributed by atoms with Crippen molar-refractivity contribution in [2.75, 3.05) is 19.5 Å². The quantitative estimate of drug-likeness (QED) is 0.864. The zero-order valence-corrected chi connectivity index (χ0v) is 10.1. The molecule has 1 N–H and O–H groups in total. The first-order chi connectivity index (χ1) is 8.21. The van der Waals surface area contributed by atoms with Crippen LogP contribution in [0.5, 0.6) is 5.75 Å². The zero-order valence-electron chi connectivity index (χ0n) is 10.1. The second kappa shape index (κ2) is 4.64. The van der Waals surface area contributed by atoms with Crippen LogP contribution in [0.3, 0.4) is 0 Å². The van der Waals surface area contributed by atoms with Gasteiger partial charge in [0.1, 0.15) is 11.3 Å². The average Bonchev–Trinajstić information content (AvgIpc) is 2.34. The average molecular weight is 232 g/mol. The molecule has 0 aromatic heterocycles. The Labute approximate surface area is 101 Å². The molecule has 1 fully saturated rings. The van der Waals surface area contributed by atoms with E-state index in [1.165, 1.54) is 0 Å². The molecule has 0 bridgehead atoms. The smallest absolute Gasteiger partial charge is 0.130 e. The van der Waals surface area contributed by atoms with E-state index >= 15 is 0 Å². The molecular formula is C13H16N2O2. The minimum absolute atomic E-state index is 0.195. The molecule has 1 saturated carbocycles. The lowest BCUT2D eigenvalue weighted by Crippen LogP contribution is -2.52. The lowest BCUT2D eigenvalue weighted by atomic mass is 9.75. The van der Waals surface area contributed by atoms with E-state index in [0.29, 0.717) is 0 Å². The summed E-state index contributed by atoms with van der Waals surface area (Å²) in [6.45, 7) is 0. The number of methoxy groups -OCH3 is 2. The lowest BCUT2D eigenvalue weighted by Gasteiger charge is -2.42. The molecule has 4 nitrogen and oxygen atoms in total. The maximum absolute atomic E-state index is 9.22. The zero-order chi connectivity index (χ0) is 12.3. The van der Waals surface area contributed by atoms with Gasteiger partial charge in [-0.15, -0.1) is 0 Å². The van der Waals surface area contributed by atoms with Crippen molar-refractivity contribution in [2.24, 2.45) is 0 Å². The summed E-state index contributed by atoms with van der Waals surface area (Å²) < 4.78 is 10.3. The molecule has 1 aromatic rings. The van der Waals surface area contributed by atoms with E-state index in [0.717, 1.165) is 24.3 Å². The Bertz CT molecular complexity index is 416. The number of nitrogens with zero attached hydrogens (tertiary/aromatic N) is 1. The van der Waals surface area contributed by atoms with Crippen LogP contribution >= 0.6 is 0 Å². The first-order valence-electron chi connectivity index (χ1n) is 5.57. The van der Waals surface area contributed by atoms with Gasteiger partial charge in [0.2, 0.25) is 0 Å². The molecule has 0 radical (unpaired) electrons. The van der Waals surface area contributed by atoms with E-state index < -0.39 is 5.54 Å². The van der Waals surface area contributed by atoms with Gasteiger partial charge in [-0.25, -0.2) is 0 Å². The van der Waals surface area contributed by atoms with Crippen molar-refractivity contribution < 1.29 is 9.47 Å². The normalized spacial score (nSPS) is 26.8. The highest BCUT2D eigenvalue weighted by atomic mass is 16.5. The molecule has 1 aromatic carbocycles. The van der Waals surface area contributed by atoms with E-state index in [4.69, 9.17) is 9.47 Å². The second-order valence-electron chi connectivity index (χ2n) is 4.31. The third-order valence-corrected chi connectivity index (χ3v) is 3.17. The van der Waals surface area contributed by atoms with Crippen LogP contribution < -0.4 is 10.1 Å². The Balaban J connectivity index is 2.02. The Morgan fingerprint density at radius 1 is 1.29 bits per heavy atom. The summed E-state index contributed by atoms with van der Waals surface area (Å²) in [5.74, 6) is 0.810. The first-order valence-corrected chi connectivity index (χ1v) is 5.57. The van der Waals surface area contributed by atoms with Crippen LogP contribution in [0.1, 0.15) is 12.8 Å². The molecular weight excluding hydrogens is 216 g/mol. The van der Waals surface area contributed by atoms with Gasteiger partial charge in [-0.3, -0.25) is 0 Å². The minimum Gasteiger partial charge on any atom is -0.497 e. The third-order valence-electron chi connectivity index (χ3n) is 3.17. The molecule has 0 heterocycles. The topological polar surface area (TPSA) is 54.3 Å². The summed E-state index contributed by atoms with van der Waals surface area (Å²) in [5, 5.41) is 12.5. The van der Waals surface area contributed by atoms with Gasteiger partial charge < -0.3 is 14.8 Å². The van der Waals surface area contributed by atoms with E-state index in [1.807, 2.05) is 24.3 Å². The molecule has 0 atom stereocenters. The van der Waals surface area contributed by atoms with Gasteiger partial charge in [-0.05, 0) is 24.3 Å². The fourth-order valence-electron chi connectivity index (χ4n) is 2.06. The minimum atomic E-state index is -0.477. The number of anilines is 1. The number of hydrogen-bond acceptors (Lipinski definition) is 4. The van der Waals surface area contributed by atoms with Crippen LogP contribution in [0, 0.1) is 11.3 Å². The van der Waals surface area contributed by atoms with Gasteiger partial charge in [0.15, 0.2) is 0 Å². The summed E-state index contributed by atoms with van der Waals surface area (Å²) in [4.78, 5) is 0. The van der Waals surface area contributed by atoms with Crippen LogP contribution in [0.2, 0.25) is 0 Å². The largest absolute Gasteiger partial charge is 0.497 e. The van der Waals surface area contributed by atoms with Crippen LogP contribution in [0.15, 0.2) is 24.3 Å². The fourth-order valence-corrected chi connectivity index (χ4v) is 2.06. The lowest BCUT2D eigenvalue weighted by molar-refractivity contribution is 0.0129. The number of nitrogens with one attached hydrogen (secondary N) is 1. The molecule has 4 heteroatoms. The van der Waals surface area contributed by atoms with Crippen molar-refractivity contribution >= 4 is 5.69 Å². The van der Waals surface area contributed by atoms with E-state index in [9.17, 15) is 5.26 Å². The summed E-state index contributed by atoms with van der Waals surface area (Å²) in [6, 6.07) is 9.91. The second-order valence-corrected chi connectivity index (χ2v) is 4.31. The predicted octanol–water partition coefficient (Wildman–Crippen LogP) is 2.18. The van der Waals surface area contributed by atoms with Crippen LogP contribution in [-0.2, 0) is 4.74 Å². The van der Waals surface area contributed by atoms with Crippen molar-refractivity contribution in [1.29, 1.82) is 5.26 Å². The third kappa shape index (κ3) is 2.34. The van der Waals surface area contributed by atoms with Crippen molar-refractivity contribution in [1.82, 2.24) is 0 Å². The van der Waals surface area contributed by atoms with Crippen LogP contribution in [0.25, 0.3) is 0 Å². The highest BCUT2D eigenvalue weighted by molar-refractivity contribution is 5.51. The van der Waals surface area contributed by atoms with Crippen molar-refractivity contribution in [3.8, 4) is 11.8 Å². The summed E-state index contributed by atoms with van der Waals surface area (Å²) >= 11 is 0. The number of hydrogen-bond donors (Lipinski definition) is 1. The van der Waals surface area contributed by atoms with Crippen molar-refractivity contribution in [3.05, 3.63) is 24.3 Å². The molecule has 0 saturated heterocycles. The fraction of sp³-hybridized carbons (Fsp3) is 0.462. The Morgan fingerprint density at radius 3 is 2.41 bits per heavy atom. The molecule has 1 aliphatic carbocycles. The number of ether oxygens (including phenoxy) is 2. The maximum atomic E-state index is 9.22. The predicted molar refractivity (Wildman–Crippen MR) is 65.0 cm³/mol. The SMILES string of the molecule is COc1ccc(NC2(C#N)CC(OC)C2)cc1. The van der Waals surface area contributed by atoms with Gasteiger partial charge >= 0.3 is 0 Å². The monoisotopic (exact) mass is 232 g/mol. The maximum Gasteiger partial charge on any atom is 0.130 e. The molecule has 1 aliphatic rings. The summed E-state index contributed by atoms with van der Waals surface area (Å²) in [5.41, 5.74) is 0.455. The Hall–Kier alpha value is -1.73. The molecule has 0 amide bonds. The Morgan fingerprint density at radius 2 is 1.94 bits per heavy atom. The molecule has 90 valence electrons. The van der Waals surface area contributed by atoms with E-state index in [2.05, 4.69) is 11.4 Å². The standard InChI is InChI=1S/C13H16N2O2/c1-16-11-5-3-10(4-6-11)15-13(9-14)7-12(8-13)17-2/h3-6,12,15H,7-8H2,1-2H3. The number of rotatable bonds is 4. The highest BCUT2D eigenvalue weighted by Crippen LogP contribution is 2.37. The van der Waals surface area contributed by atoms with Crippen molar-refractivity contribution in [2.45, 2.75) is 24.5 Å². The molecule has 0 spiro atoms. The first kappa shape index (κ1) is 11.7. The molecule has 2 rings (SSSR count). The summed E-state index contributed by atoms with van der Waals surface area (Å²) in [7, 11) is 3.31. The summed E-state index contributed by atoms with van der Waals surface area (Å²) in [6.07, 6.45) is 1.65.